The zero-order valence-electron chi connectivity index (χ0n) is 6.46. The Bertz CT molecular complexity index is 209. The van der Waals surface area contributed by atoms with Crippen LogP contribution in [-0.2, 0) is 0 Å². The second kappa shape index (κ2) is 1.73. The van der Waals surface area contributed by atoms with Crippen molar-refractivity contribution in [2.24, 2.45) is 5.92 Å². The average Bonchev–Trinajstić information content (AvgIpc) is 2.64. The van der Waals surface area contributed by atoms with E-state index in [0.717, 1.165) is 6.54 Å². The van der Waals surface area contributed by atoms with Gasteiger partial charge in [0, 0.05) is 6.54 Å². The minimum Gasteiger partial charge on any atom is -0.226 e. The molecule has 1 fully saturated rings. The highest BCUT2D eigenvalue weighted by Gasteiger charge is 2.49. The lowest BCUT2D eigenvalue weighted by atomic mass is 9.84. The molecule has 1 saturated heterocycles. The third-order valence-electron chi connectivity index (χ3n) is 2.68. The van der Waals surface area contributed by atoms with E-state index in [-0.39, 0.29) is 5.54 Å². The van der Waals surface area contributed by atoms with Crippen LogP contribution in [-0.4, -0.2) is 12.1 Å². The quantitative estimate of drug-likeness (QED) is 0.446. The predicted molar refractivity (Wildman–Crippen MR) is 41.8 cm³/mol. The van der Waals surface area contributed by atoms with Crippen LogP contribution in [0.3, 0.4) is 0 Å². The highest BCUT2D eigenvalue weighted by Crippen LogP contribution is 2.39. The van der Waals surface area contributed by atoms with E-state index in [1.807, 2.05) is 0 Å². The van der Waals surface area contributed by atoms with Crippen LogP contribution in [0.5, 0.6) is 0 Å². The molecule has 1 nitrogen and oxygen atoms in total. The van der Waals surface area contributed by atoms with E-state index in [2.05, 4.69) is 37.4 Å². The van der Waals surface area contributed by atoms with E-state index in [0.29, 0.717) is 5.92 Å². The van der Waals surface area contributed by atoms with Crippen molar-refractivity contribution in [1.82, 2.24) is 5.32 Å². The lowest BCUT2D eigenvalue weighted by Gasteiger charge is -2.21. The summed E-state index contributed by atoms with van der Waals surface area (Å²) in [4.78, 5) is 0. The molecule has 0 aromatic carbocycles. The molecule has 2 unspecified atom stereocenters. The molecule has 10 heavy (non-hydrogen) atoms. The molecule has 0 N–H and O–H groups in total. The molecule has 2 atom stereocenters. The maximum absolute atomic E-state index is 4.44. The van der Waals surface area contributed by atoms with Gasteiger partial charge in [0.2, 0.25) is 0 Å². The van der Waals surface area contributed by atoms with Crippen molar-refractivity contribution < 1.29 is 0 Å². The van der Waals surface area contributed by atoms with Gasteiger partial charge < -0.3 is 0 Å². The Morgan fingerprint density at radius 1 is 1.70 bits per heavy atom. The lowest BCUT2D eigenvalue weighted by Crippen LogP contribution is -2.25. The second-order valence-corrected chi connectivity index (χ2v) is 3.26. The smallest absolute Gasteiger partial charge is 0.0767 e. The Morgan fingerprint density at radius 2 is 2.40 bits per heavy atom. The summed E-state index contributed by atoms with van der Waals surface area (Å²) in [6.07, 6.45) is 6.55. The molecule has 0 bridgehead atoms. The molecule has 0 amide bonds. The van der Waals surface area contributed by atoms with Gasteiger partial charge in [0.05, 0.1) is 5.54 Å². The molecule has 53 valence electrons. The number of allylic oxidation sites excluding steroid dienone is 2. The first-order valence-corrected chi connectivity index (χ1v) is 3.80. The van der Waals surface area contributed by atoms with Gasteiger partial charge in [0.15, 0.2) is 0 Å². The normalized spacial score (nSPS) is 43.8. The number of hydrogen-bond donors (Lipinski definition) is 0. The van der Waals surface area contributed by atoms with Gasteiger partial charge in [0.25, 0.3) is 0 Å². The van der Waals surface area contributed by atoms with Crippen molar-refractivity contribution >= 4 is 0 Å². The second-order valence-electron chi connectivity index (χ2n) is 3.26. The Labute approximate surface area is 61.8 Å². The van der Waals surface area contributed by atoms with Crippen molar-refractivity contribution in [2.45, 2.75) is 19.4 Å². The van der Waals surface area contributed by atoms with Gasteiger partial charge in [-0.25, -0.2) is 5.32 Å². The molecule has 0 saturated carbocycles. The summed E-state index contributed by atoms with van der Waals surface area (Å²) < 4.78 is 0. The van der Waals surface area contributed by atoms with Gasteiger partial charge in [0.1, 0.15) is 0 Å². The first-order chi connectivity index (χ1) is 4.76. The van der Waals surface area contributed by atoms with Gasteiger partial charge in [-0.1, -0.05) is 25.2 Å². The van der Waals surface area contributed by atoms with Crippen LogP contribution in [0.1, 0.15) is 13.8 Å². The van der Waals surface area contributed by atoms with E-state index in [1.54, 1.807) is 0 Å². The Kier molecular flexibility index (Phi) is 1.07. The Balaban J connectivity index is 2.33. The van der Waals surface area contributed by atoms with Crippen molar-refractivity contribution in [3.63, 3.8) is 0 Å². The largest absolute Gasteiger partial charge is 0.226 e. The fraction of sp³-hybridized carbons (Fsp3) is 0.556. The highest BCUT2D eigenvalue weighted by atomic mass is 15.2. The van der Waals surface area contributed by atoms with E-state index >= 15 is 0 Å². The van der Waals surface area contributed by atoms with Crippen LogP contribution in [0.25, 0.3) is 0 Å². The molecule has 1 radical (unpaired) electrons. The van der Waals surface area contributed by atoms with Crippen LogP contribution < -0.4 is 5.32 Å². The molecule has 1 aliphatic carbocycles. The van der Waals surface area contributed by atoms with Crippen LogP contribution >= 0.6 is 0 Å². The standard InChI is InChI=1S/C9H12N/c1-7-4-3-5-8(2)9(7)6-10-9/h3-5,7H,6H2,1-2H3. The van der Waals surface area contributed by atoms with Crippen molar-refractivity contribution in [3.05, 3.63) is 23.8 Å². The summed E-state index contributed by atoms with van der Waals surface area (Å²) in [7, 11) is 0. The Hall–Kier alpha value is -0.560. The lowest BCUT2D eigenvalue weighted by molar-refractivity contribution is 0.554. The molecule has 1 aliphatic heterocycles. The third kappa shape index (κ3) is 0.613. The van der Waals surface area contributed by atoms with E-state index in [9.17, 15) is 0 Å². The van der Waals surface area contributed by atoms with Gasteiger partial charge in [-0.2, -0.15) is 0 Å². The molecule has 1 heteroatoms. The molecular weight excluding hydrogens is 122 g/mol. The van der Waals surface area contributed by atoms with Crippen LogP contribution in [0.2, 0.25) is 0 Å². The third-order valence-corrected chi connectivity index (χ3v) is 2.68. The maximum atomic E-state index is 4.44. The summed E-state index contributed by atoms with van der Waals surface area (Å²) in [5.74, 6) is 0.623. The molecule has 0 aromatic heterocycles. The summed E-state index contributed by atoms with van der Waals surface area (Å²) >= 11 is 0. The molecule has 0 aromatic rings. The van der Waals surface area contributed by atoms with Crippen LogP contribution in [0.15, 0.2) is 23.8 Å². The zero-order chi connectivity index (χ0) is 7.19. The first-order valence-electron chi connectivity index (χ1n) is 3.80. The molecule has 2 aliphatic rings. The minimum absolute atomic E-state index is 0.245. The number of rotatable bonds is 0. The van der Waals surface area contributed by atoms with E-state index in [4.69, 9.17) is 0 Å². The summed E-state index contributed by atoms with van der Waals surface area (Å²) in [5, 5.41) is 4.44. The van der Waals surface area contributed by atoms with Gasteiger partial charge in [-0.15, -0.1) is 0 Å². The molecule has 2 rings (SSSR count). The Morgan fingerprint density at radius 3 is 2.80 bits per heavy atom. The average molecular weight is 134 g/mol. The molecule has 1 heterocycles. The molecular formula is C9H12N. The van der Waals surface area contributed by atoms with Crippen LogP contribution in [0, 0.1) is 5.92 Å². The summed E-state index contributed by atoms with van der Waals surface area (Å²) in [5.41, 5.74) is 1.68. The van der Waals surface area contributed by atoms with Gasteiger partial charge >= 0.3 is 0 Å². The first kappa shape index (κ1) is 6.17. The summed E-state index contributed by atoms with van der Waals surface area (Å²) in [6, 6.07) is 0. The van der Waals surface area contributed by atoms with E-state index in [1.165, 1.54) is 5.57 Å². The van der Waals surface area contributed by atoms with Crippen molar-refractivity contribution in [2.75, 3.05) is 6.54 Å². The van der Waals surface area contributed by atoms with Crippen molar-refractivity contribution in [1.29, 1.82) is 0 Å². The monoisotopic (exact) mass is 134 g/mol. The minimum atomic E-state index is 0.245. The van der Waals surface area contributed by atoms with E-state index < -0.39 is 0 Å². The van der Waals surface area contributed by atoms with Gasteiger partial charge in [-0.3, -0.25) is 0 Å². The fourth-order valence-corrected chi connectivity index (χ4v) is 1.65. The SMILES string of the molecule is CC1=CC=CC(C)C12C[N]2. The molecule has 1 spiro atoms. The number of hydrogen-bond acceptors (Lipinski definition) is 0. The van der Waals surface area contributed by atoms with Crippen molar-refractivity contribution in [3.8, 4) is 0 Å². The maximum Gasteiger partial charge on any atom is 0.0767 e. The number of nitrogens with zero attached hydrogens (tertiary/aromatic N) is 1. The zero-order valence-corrected chi connectivity index (χ0v) is 6.46. The highest BCUT2D eigenvalue weighted by molar-refractivity contribution is 5.37. The topological polar surface area (TPSA) is 14.1 Å². The van der Waals surface area contributed by atoms with Crippen LogP contribution in [0.4, 0.5) is 0 Å². The fourth-order valence-electron chi connectivity index (χ4n) is 1.65. The van der Waals surface area contributed by atoms with Gasteiger partial charge in [-0.05, 0) is 18.4 Å². The summed E-state index contributed by atoms with van der Waals surface area (Å²) in [6.45, 7) is 5.46. The predicted octanol–water partition coefficient (Wildman–Crippen LogP) is 1.50.